The lowest BCUT2D eigenvalue weighted by Crippen LogP contribution is -2.35. The number of rotatable bonds is 12. The first-order valence-corrected chi connectivity index (χ1v) is 11.9. The number of unbranched alkanes of at least 4 members (excludes halogenated alkanes) is 1. The minimum absolute atomic E-state index is 0.207. The summed E-state index contributed by atoms with van der Waals surface area (Å²) < 4.78 is 11.4. The largest absolute Gasteiger partial charge is 0.490 e. The SMILES string of the molecule is CCOc1ccccc1OCCNCCCCC(=O)c1cc2c3c(c1)CC(O)N3CCC2. The normalized spacial score (nSPS) is 16.7. The van der Waals surface area contributed by atoms with Gasteiger partial charge in [-0.3, -0.25) is 4.79 Å². The van der Waals surface area contributed by atoms with E-state index >= 15 is 0 Å². The lowest BCUT2D eigenvalue weighted by atomic mass is 9.94. The van der Waals surface area contributed by atoms with Gasteiger partial charge in [0, 0.05) is 37.2 Å². The number of hydrogen-bond donors (Lipinski definition) is 2. The van der Waals surface area contributed by atoms with Crippen molar-refractivity contribution in [1.82, 2.24) is 5.32 Å². The quantitative estimate of drug-likeness (QED) is 0.389. The molecule has 32 heavy (non-hydrogen) atoms. The summed E-state index contributed by atoms with van der Waals surface area (Å²) in [5, 5.41) is 13.7. The van der Waals surface area contributed by atoms with Crippen LogP contribution in [0.4, 0.5) is 5.69 Å². The Bertz CT molecular complexity index is 930. The van der Waals surface area contributed by atoms with Crippen LogP contribution in [0.25, 0.3) is 0 Å². The van der Waals surface area contributed by atoms with Crippen LogP contribution in [0.2, 0.25) is 0 Å². The smallest absolute Gasteiger partial charge is 0.162 e. The Kier molecular flexibility index (Phi) is 7.66. The van der Waals surface area contributed by atoms with E-state index in [0.29, 0.717) is 26.1 Å². The van der Waals surface area contributed by atoms with Crippen LogP contribution in [0.15, 0.2) is 36.4 Å². The van der Waals surface area contributed by atoms with E-state index in [2.05, 4.69) is 16.3 Å². The molecule has 6 heteroatoms. The average Bonchev–Trinajstić information content (AvgIpc) is 3.13. The zero-order valence-electron chi connectivity index (χ0n) is 18.9. The van der Waals surface area contributed by atoms with Crippen LogP contribution in [0, 0.1) is 0 Å². The lowest BCUT2D eigenvalue weighted by Gasteiger charge is -2.30. The van der Waals surface area contributed by atoms with Crippen LogP contribution in [-0.2, 0) is 12.8 Å². The summed E-state index contributed by atoms with van der Waals surface area (Å²) in [7, 11) is 0. The molecule has 1 unspecified atom stereocenters. The second kappa shape index (κ2) is 10.8. The number of ketones is 1. The number of aliphatic hydroxyl groups excluding tert-OH is 1. The van der Waals surface area contributed by atoms with E-state index in [4.69, 9.17) is 9.47 Å². The molecule has 0 aliphatic carbocycles. The Hall–Kier alpha value is -2.57. The summed E-state index contributed by atoms with van der Waals surface area (Å²) in [5.41, 5.74) is 4.34. The van der Waals surface area contributed by atoms with Crippen molar-refractivity contribution in [3.8, 4) is 11.5 Å². The molecule has 0 amide bonds. The number of carbonyl (C=O) groups excluding carboxylic acids is 1. The zero-order chi connectivity index (χ0) is 22.3. The number of Topliss-reactive ketones (excluding diaryl/α,β-unsaturated/α-hetero) is 1. The van der Waals surface area contributed by atoms with Crippen molar-refractivity contribution in [3.05, 3.63) is 53.1 Å². The highest BCUT2D eigenvalue weighted by molar-refractivity contribution is 5.97. The summed E-state index contributed by atoms with van der Waals surface area (Å²) in [6.07, 6.45) is 4.60. The molecule has 0 fully saturated rings. The minimum Gasteiger partial charge on any atom is -0.490 e. The van der Waals surface area contributed by atoms with Crippen molar-refractivity contribution >= 4 is 11.5 Å². The predicted molar refractivity (Wildman–Crippen MR) is 126 cm³/mol. The van der Waals surface area contributed by atoms with E-state index in [9.17, 15) is 9.90 Å². The first kappa shape index (κ1) is 22.6. The van der Waals surface area contributed by atoms with Crippen molar-refractivity contribution in [2.24, 2.45) is 0 Å². The van der Waals surface area contributed by atoms with Gasteiger partial charge in [-0.25, -0.2) is 0 Å². The van der Waals surface area contributed by atoms with Crippen molar-refractivity contribution in [1.29, 1.82) is 0 Å². The third-order valence-corrected chi connectivity index (χ3v) is 6.18. The first-order chi connectivity index (χ1) is 15.7. The van der Waals surface area contributed by atoms with Gasteiger partial charge in [-0.2, -0.15) is 0 Å². The summed E-state index contributed by atoms with van der Waals surface area (Å²) in [4.78, 5) is 14.8. The van der Waals surface area contributed by atoms with Crippen LogP contribution in [0.3, 0.4) is 0 Å². The van der Waals surface area contributed by atoms with Gasteiger partial charge < -0.3 is 24.8 Å². The lowest BCUT2D eigenvalue weighted by molar-refractivity contribution is 0.0979. The van der Waals surface area contributed by atoms with Crippen molar-refractivity contribution in [2.45, 2.75) is 51.7 Å². The molecule has 6 nitrogen and oxygen atoms in total. The molecular weight excluding hydrogens is 404 g/mol. The van der Waals surface area contributed by atoms with Crippen molar-refractivity contribution in [3.63, 3.8) is 0 Å². The molecule has 0 radical (unpaired) electrons. The molecule has 2 aliphatic heterocycles. The number of benzene rings is 2. The highest BCUT2D eigenvalue weighted by Gasteiger charge is 2.32. The summed E-state index contributed by atoms with van der Waals surface area (Å²) >= 11 is 0. The highest BCUT2D eigenvalue weighted by Crippen LogP contribution is 2.39. The third-order valence-electron chi connectivity index (χ3n) is 6.18. The molecule has 2 aromatic carbocycles. The number of ether oxygens (including phenoxy) is 2. The van der Waals surface area contributed by atoms with E-state index in [1.165, 1.54) is 11.3 Å². The molecule has 0 saturated carbocycles. The number of hydrogen-bond acceptors (Lipinski definition) is 6. The summed E-state index contributed by atoms with van der Waals surface area (Å²) in [6, 6.07) is 11.8. The third kappa shape index (κ3) is 5.25. The molecule has 2 aliphatic rings. The van der Waals surface area contributed by atoms with Gasteiger partial charge in [-0.15, -0.1) is 0 Å². The fourth-order valence-corrected chi connectivity index (χ4v) is 4.67. The molecule has 0 bridgehead atoms. The van der Waals surface area contributed by atoms with Gasteiger partial charge in [0.15, 0.2) is 17.3 Å². The van der Waals surface area contributed by atoms with Gasteiger partial charge in [0.2, 0.25) is 0 Å². The molecule has 0 saturated heterocycles. The second-order valence-electron chi connectivity index (χ2n) is 8.48. The number of para-hydroxylation sites is 2. The van der Waals surface area contributed by atoms with E-state index in [1.807, 2.05) is 37.3 Å². The van der Waals surface area contributed by atoms with E-state index < -0.39 is 6.23 Å². The molecule has 0 spiro atoms. The molecule has 2 aromatic rings. The topological polar surface area (TPSA) is 71.0 Å². The van der Waals surface area contributed by atoms with Gasteiger partial charge in [0.25, 0.3) is 0 Å². The van der Waals surface area contributed by atoms with E-state index in [1.54, 1.807) is 0 Å². The highest BCUT2D eigenvalue weighted by atomic mass is 16.5. The van der Waals surface area contributed by atoms with Gasteiger partial charge in [-0.1, -0.05) is 12.1 Å². The monoisotopic (exact) mass is 438 g/mol. The second-order valence-corrected chi connectivity index (χ2v) is 8.48. The molecular formula is C26H34N2O4. The number of nitrogens with one attached hydrogen (secondary N) is 1. The minimum atomic E-state index is -0.433. The van der Waals surface area contributed by atoms with E-state index in [0.717, 1.165) is 67.9 Å². The molecule has 2 heterocycles. The van der Waals surface area contributed by atoms with Crippen LogP contribution in [-0.4, -0.2) is 50.0 Å². The molecule has 0 aromatic heterocycles. The Morgan fingerprint density at radius 2 is 1.91 bits per heavy atom. The van der Waals surface area contributed by atoms with Gasteiger partial charge in [0.1, 0.15) is 12.8 Å². The Morgan fingerprint density at radius 1 is 1.12 bits per heavy atom. The van der Waals surface area contributed by atoms with Gasteiger partial charge >= 0.3 is 0 Å². The van der Waals surface area contributed by atoms with Crippen LogP contribution in [0.5, 0.6) is 11.5 Å². The van der Waals surface area contributed by atoms with Crippen LogP contribution < -0.4 is 19.7 Å². The average molecular weight is 439 g/mol. The van der Waals surface area contributed by atoms with E-state index in [-0.39, 0.29) is 5.78 Å². The summed E-state index contributed by atoms with van der Waals surface area (Å²) in [5.74, 6) is 1.75. The number of nitrogens with zero attached hydrogens (tertiary/aromatic N) is 1. The maximum atomic E-state index is 12.7. The van der Waals surface area contributed by atoms with Gasteiger partial charge in [0.05, 0.1) is 6.61 Å². The maximum Gasteiger partial charge on any atom is 0.162 e. The summed E-state index contributed by atoms with van der Waals surface area (Å²) in [6.45, 7) is 5.67. The Labute approximate surface area is 190 Å². The van der Waals surface area contributed by atoms with Crippen LogP contribution in [0.1, 0.15) is 54.1 Å². The molecule has 172 valence electrons. The number of aryl methyl sites for hydroxylation is 1. The predicted octanol–water partition coefficient (Wildman–Crippen LogP) is 3.73. The number of anilines is 1. The van der Waals surface area contributed by atoms with Crippen LogP contribution >= 0.6 is 0 Å². The zero-order valence-corrected chi connectivity index (χ0v) is 18.9. The Balaban J connectivity index is 1.15. The fraction of sp³-hybridized carbons (Fsp3) is 0.500. The molecule has 4 rings (SSSR count). The number of aliphatic hydroxyl groups is 1. The number of carbonyl (C=O) groups is 1. The Morgan fingerprint density at radius 3 is 2.72 bits per heavy atom. The standard InChI is InChI=1S/C26H34N2O4/c1-2-31-23-10-3-4-11-24(23)32-15-13-27-12-6-5-9-22(29)20-16-19-8-7-14-28-25(30)18-21(17-20)26(19)28/h3-4,10-11,16-17,25,27,30H,2,5-9,12-15,18H2,1H3. The molecule has 2 N–H and O–H groups in total. The first-order valence-electron chi connectivity index (χ1n) is 11.9. The van der Waals surface area contributed by atoms with Gasteiger partial charge in [-0.05, 0) is 74.5 Å². The fourth-order valence-electron chi connectivity index (χ4n) is 4.67. The maximum absolute atomic E-state index is 12.7. The van der Waals surface area contributed by atoms with Crippen molar-refractivity contribution in [2.75, 3.05) is 37.7 Å². The molecule has 1 atom stereocenters. The van der Waals surface area contributed by atoms with Crippen molar-refractivity contribution < 1.29 is 19.4 Å².